The number of pyridine rings is 1. The summed E-state index contributed by atoms with van der Waals surface area (Å²) >= 11 is 6.60. The van der Waals surface area contributed by atoms with Gasteiger partial charge in [0.25, 0.3) is 5.91 Å². The second-order valence-electron chi connectivity index (χ2n) is 8.35. The van der Waals surface area contributed by atoms with Crippen molar-refractivity contribution >= 4 is 46.3 Å². The molecule has 0 aliphatic carbocycles. The maximum Gasteiger partial charge on any atom is 0.418 e. The molecule has 3 aromatic heterocycles. The number of aromatic nitrogens is 4. The van der Waals surface area contributed by atoms with Crippen molar-refractivity contribution in [2.75, 3.05) is 23.3 Å². The van der Waals surface area contributed by atoms with Crippen LogP contribution in [0.1, 0.15) is 56.4 Å². The lowest BCUT2D eigenvalue weighted by molar-refractivity contribution is -0.137. The number of nitrogens with one attached hydrogen (secondary N) is 1. The molecule has 2 unspecified atom stereocenters. The Kier molecular flexibility index (Phi) is 7.52. The van der Waals surface area contributed by atoms with Gasteiger partial charge in [-0.15, -0.1) is 11.3 Å². The molecule has 0 radical (unpaired) electrons. The third-order valence-electron chi connectivity index (χ3n) is 5.55. The molecule has 1 aliphatic rings. The zero-order chi connectivity index (χ0) is 26.0. The SMILES string of the molecule is CC(CC(=O)c1cc(N2CCC(N)C2)ncn1)c1ncc(C(=O)Nc2cc(C(F)(F)F)c(Cl)cn2)s1. The van der Waals surface area contributed by atoms with Crippen LogP contribution in [0, 0.1) is 0 Å². The second kappa shape index (κ2) is 10.4. The highest BCUT2D eigenvalue weighted by molar-refractivity contribution is 7.13. The Labute approximate surface area is 212 Å². The number of amides is 1. The third-order valence-corrected chi connectivity index (χ3v) is 7.08. The van der Waals surface area contributed by atoms with Crippen molar-refractivity contribution in [2.45, 2.75) is 37.9 Å². The Morgan fingerprint density at radius 3 is 2.72 bits per heavy atom. The molecule has 0 spiro atoms. The number of carbonyl (C=O) groups excluding carboxylic acids is 2. The lowest BCUT2D eigenvalue weighted by Crippen LogP contribution is -2.27. The van der Waals surface area contributed by atoms with E-state index in [0.29, 0.717) is 23.4 Å². The number of ketones is 1. The van der Waals surface area contributed by atoms with Crippen LogP contribution >= 0.6 is 22.9 Å². The summed E-state index contributed by atoms with van der Waals surface area (Å²) in [6, 6.07) is 2.37. The molecule has 0 saturated carbocycles. The summed E-state index contributed by atoms with van der Waals surface area (Å²) in [6.07, 6.45) is -0.276. The van der Waals surface area contributed by atoms with Crippen molar-refractivity contribution in [1.29, 1.82) is 0 Å². The van der Waals surface area contributed by atoms with E-state index in [9.17, 15) is 22.8 Å². The minimum Gasteiger partial charge on any atom is -0.355 e. The highest BCUT2D eigenvalue weighted by Gasteiger charge is 2.34. The third kappa shape index (κ3) is 5.97. The van der Waals surface area contributed by atoms with Gasteiger partial charge >= 0.3 is 6.18 Å². The standard InChI is InChI=1S/C22H21ClF3N7O2S/c1-11(4-16(34)15-6-19(31-10-30-15)33-3-2-12(27)9-33)21-29-8-17(36-21)20(35)32-18-5-13(22(24,25)26)14(23)7-28-18/h5-8,10-12H,2-4,9,27H2,1H3,(H,28,32,35). The number of thiazole rings is 1. The number of rotatable bonds is 7. The number of nitrogens with two attached hydrogens (primary N) is 1. The first kappa shape index (κ1) is 25.9. The zero-order valence-corrected chi connectivity index (χ0v) is 20.5. The Balaban J connectivity index is 1.40. The lowest BCUT2D eigenvalue weighted by atomic mass is 10.0. The van der Waals surface area contributed by atoms with Gasteiger partial charge in [0.05, 0.1) is 21.8 Å². The van der Waals surface area contributed by atoms with E-state index in [4.69, 9.17) is 17.3 Å². The van der Waals surface area contributed by atoms with Crippen LogP contribution < -0.4 is 16.0 Å². The monoisotopic (exact) mass is 539 g/mol. The highest BCUT2D eigenvalue weighted by atomic mass is 35.5. The first-order chi connectivity index (χ1) is 17.0. The van der Waals surface area contributed by atoms with E-state index in [-0.39, 0.29) is 40.6 Å². The summed E-state index contributed by atoms with van der Waals surface area (Å²) in [6.45, 7) is 3.21. The number of nitrogens with zero attached hydrogens (tertiary/aromatic N) is 5. The van der Waals surface area contributed by atoms with Crippen molar-refractivity contribution in [3.63, 3.8) is 0 Å². The number of Topliss-reactive ketones (excluding diaryl/α,β-unsaturated/α-hetero) is 1. The van der Waals surface area contributed by atoms with Gasteiger partial charge in [-0.2, -0.15) is 13.2 Å². The number of carbonyl (C=O) groups is 2. The molecule has 190 valence electrons. The van der Waals surface area contributed by atoms with Crippen LogP contribution in [0.5, 0.6) is 0 Å². The molecule has 3 N–H and O–H groups in total. The Hall–Kier alpha value is -3.16. The van der Waals surface area contributed by atoms with E-state index < -0.39 is 22.7 Å². The predicted molar refractivity (Wildman–Crippen MR) is 129 cm³/mol. The molecule has 1 amide bonds. The Morgan fingerprint density at radius 2 is 2.03 bits per heavy atom. The average Bonchev–Trinajstić information content (AvgIpc) is 3.49. The number of halogens is 4. The molecule has 4 heterocycles. The van der Waals surface area contributed by atoms with Crippen molar-refractivity contribution in [2.24, 2.45) is 5.73 Å². The maximum absolute atomic E-state index is 13.0. The molecular weight excluding hydrogens is 519 g/mol. The first-order valence-corrected chi connectivity index (χ1v) is 12.1. The van der Waals surface area contributed by atoms with Gasteiger partial charge in [-0.3, -0.25) is 9.59 Å². The molecule has 2 atom stereocenters. The van der Waals surface area contributed by atoms with Crippen molar-refractivity contribution in [3.8, 4) is 0 Å². The van der Waals surface area contributed by atoms with Gasteiger partial charge in [0.2, 0.25) is 0 Å². The van der Waals surface area contributed by atoms with E-state index in [1.54, 1.807) is 13.0 Å². The number of hydrogen-bond acceptors (Lipinski definition) is 9. The molecule has 0 aromatic carbocycles. The topological polar surface area (TPSA) is 127 Å². The Morgan fingerprint density at radius 1 is 1.25 bits per heavy atom. The van der Waals surface area contributed by atoms with Gasteiger partial charge in [-0.1, -0.05) is 18.5 Å². The van der Waals surface area contributed by atoms with Crippen LogP contribution in [0.3, 0.4) is 0 Å². The molecule has 9 nitrogen and oxygen atoms in total. The smallest absolute Gasteiger partial charge is 0.355 e. The van der Waals surface area contributed by atoms with Gasteiger partial charge < -0.3 is 16.0 Å². The number of alkyl halides is 3. The molecule has 3 aromatic rings. The summed E-state index contributed by atoms with van der Waals surface area (Å²) in [4.78, 5) is 43.8. The molecule has 1 fully saturated rings. The van der Waals surface area contributed by atoms with Crippen LogP contribution in [0.15, 0.2) is 30.9 Å². The van der Waals surface area contributed by atoms with E-state index in [2.05, 4.69) is 25.3 Å². The summed E-state index contributed by atoms with van der Waals surface area (Å²) in [5.74, 6) is -0.862. The lowest BCUT2D eigenvalue weighted by Gasteiger charge is -2.17. The number of anilines is 2. The van der Waals surface area contributed by atoms with Crippen molar-refractivity contribution < 1.29 is 22.8 Å². The van der Waals surface area contributed by atoms with E-state index in [1.807, 2.05) is 4.90 Å². The molecule has 1 saturated heterocycles. The minimum atomic E-state index is -4.69. The zero-order valence-electron chi connectivity index (χ0n) is 18.9. The molecule has 1 aliphatic heterocycles. The molecule has 0 bridgehead atoms. The van der Waals surface area contributed by atoms with Crippen LogP contribution in [0.25, 0.3) is 0 Å². The van der Waals surface area contributed by atoms with Gasteiger partial charge in [-0.25, -0.2) is 19.9 Å². The van der Waals surface area contributed by atoms with E-state index in [1.165, 1.54) is 12.5 Å². The van der Waals surface area contributed by atoms with Gasteiger partial charge in [0.15, 0.2) is 5.78 Å². The van der Waals surface area contributed by atoms with Crippen LogP contribution in [-0.4, -0.2) is 50.8 Å². The first-order valence-electron chi connectivity index (χ1n) is 10.9. The van der Waals surface area contributed by atoms with Gasteiger partial charge in [0, 0.05) is 43.7 Å². The highest BCUT2D eigenvalue weighted by Crippen LogP contribution is 2.35. The fourth-order valence-corrected chi connectivity index (χ4v) is 4.74. The molecule has 4 rings (SSSR count). The van der Waals surface area contributed by atoms with E-state index in [0.717, 1.165) is 30.5 Å². The van der Waals surface area contributed by atoms with Crippen molar-refractivity contribution in [1.82, 2.24) is 19.9 Å². The average molecular weight is 540 g/mol. The van der Waals surface area contributed by atoms with Gasteiger partial charge in [-0.05, 0) is 12.5 Å². The minimum absolute atomic E-state index is 0.0672. The summed E-state index contributed by atoms with van der Waals surface area (Å²) < 4.78 is 39.1. The van der Waals surface area contributed by atoms with Crippen molar-refractivity contribution in [3.05, 3.63) is 57.0 Å². The fourth-order valence-electron chi connectivity index (χ4n) is 3.66. The van der Waals surface area contributed by atoms with Gasteiger partial charge in [0.1, 0.15) is 28.5 Å². The quantitative estimate of drug-likeness (QED) is 0.428. The second-order valence-corrected chi connectivity index (χ2v) is 9.82. The fraction of sp³-hybridized carbons (Fsp3) is 0.364. The Bertz CT molecular complexity index is 1290. The number of hydrogen-bond donors (Lipinski definition) is 2. The molecule has 14 heteroatoms. The maximum atomic E-state index is 13.0. The predicted octanol–water partition coefficient (Wildman–Crippen LogP) is 4.17. The van der Waals surface area contributed by atoms with E-state index >= 15 is 0 Å². The normalized spacial score (nSPS) is 16.7. The summed E-state index contributed by atoms with van der Waals surface area (Å²) in [5, 5.41) is 2.27. The molecule has 36 heavy (non-hydrogen) atoms. The summed E-state index contributed by atoms with van der Waals surface area (Å²) in [7, 11) is 0. The van der Waals surface area contributed by atoms with Crippen LogP contribution in [-0.2, 0) is 6.18 Å². The summed E-state index contributed by atoms with van der Waals surface area (Å²) in [5.41, 5.74) is 5.12. The molecular formula is C22H21ClF3N7O2S. The van der Waals surface area contributed by atoms with Crippen LogP contribution in [0.2, 0.25) is 5.02 Å². The van der Waals surface area contributed by atoms with Crippen LogP contribution in [0.4, 0.5) is 24.8 Å². The largest absolute Gasteiger partial charge is 0.418 e.